The van der Waals surface area contributed by atoms with Crippen LogP contribution in [-0.2, 0) is 4.79 Å². The van der Waals surface area contributed by atoms with Crippen molar-refractivity contribution in [2.24, 2.45) is 0 Å². The molecule has 0 unspecified atom stereocenters. The maximum atomic E-state index is 11.8. The summed E-state index contributed by atoms with van der Waals surface area (Å²) in [4.78, 5) is 23.5. The lowest BCUT2D eigenvalue weighted by Crippen LogP contribution is -2.37. The second-order valence-corrected chi connectivity index (χ2v) is 6.02. The van der Waals surface area contributed by atoms with Crippen molar-refractivity contribution in [1.82, 2.24) is 10.6 Å². The number of benzene rings is 2. The largest absolute Gasteiger partial charge is 0.492 e. The van der Waals surface area contributed by atoms with Crippen molar-refractivity contribution >= 4 is 35.0 Å². The summed E-state index contributed by atoms with van der Waals surface area (Å²) in [5.74, 6) is 0.0118. The van der Waals surface area contributed by atoms with Gasteiger partial charge in [0.1, 0.15) is 5.75 Å². The van der Waals surface area contributed by atoms with Crippen LogP contribution in [0.15, 0.2) is 48.5 Å². The molecule has 132 valence electrons. The van der Waals surface area contributed by atoms with Gasteiger partial charge in [0.05, 0.1) is 18.2 Å². The monoisotopic (exact) mass is 380 g/mol. The maximum Gasteiger partial charge on any atom is 0.251 e. The molecule has 0 aliphatic heterocycles. The van der Waals surface area contributed by atoms with Gasteiger partial charge < -0.3 is 15.4 Å². The molecule has 2 amide bonds. The van der Waals surface area contributed by atoms with Gasteiger partial charge in [-0.1, -0.05) is 41.4 Å². The first-order valence-electron chi connectivity index (χ1n) is 7.74. The molecule has 0 bridgehead atoms. The summed E-state index contributed by atoms with van der Waals surface area (Å²) < 4.78 is 5.52. The molecule has 25 heavy (non-hydrogen) atoms. The van der Waals surface area contributed by atoms with E-state index in [2.05, 4.69) is 10.6 Å². The number of ether oxygens (including phenoxy) is 1. The Bertz CT molecular complexity index is 724. The third-order valence-electron chi connectivity index (χ3n) is 3.24. The van der Waals surface area contributed by atoms with E-state index in [0.29, 0.717) is 40.9 Å². The highest BCUT2D eigenvalue weighted by Gasteiger charge is 2.07. The number of amides is 2. The van der Waals surface area contributed by atoms with Crippen LogP contribution in [0.25, 0.3) is 0 Å². The van der Waals surface area contributed by atoms with Gasteiger partial charge >= 0.3 is 0 Å². The first-order chi connectivity index (χ1) is 12.1. The zero-order valence-corrected chi connectivity index (χ0v) is 14.9. The van der Waals surface area contributed by atoms with Crippen LogP contribution in [0.5, 0.6) is 5.75 Å². The van der Waals surface area contributed by atoms with Gasteiger partial charge in [-0.25, -0.2) is 0 Å². The second kappa shape index (κ2) is 9.91. The van der Waals surface area contributed by atoms with Crippen LogP contribution in [0, 0.1) is 0 Å². The van der Waals surface area contributed by atoms with E-state index in [0.717, 1.165) is 0 Å². The fourth-order valence-corrected chi connectivity index (χ4v) is 2.45. The molecule has 7 heteroatoms. The standard InChI is InChI=1S/C18H18Cl2N2O3/c19-14-7-8-16(15(20)11-14)25-10-4-9-21-17(23)12-22-18(24)13-5-2-1-3-6-13/h1-3,5-8,11H,4,9-10,12H2,(H,21,23)(H,22,24). The molecule has 0 atom stereocenters. The van der Waals surface area contributed by atoms with Crippen LogP contribution in [0.4, 0.5) is 0 Å². The molecular formula is C18H18Cl2N2O3. The molecular weight excluding hydrogens is 363 g/mol. The zero-order chi connectivity index (χ0) is 18.1. The number of hydrogen-bond donors (Lipinski definition) is 2. The Morgan fingerprint density at radius 2 is 1.76 bits per heavy atom. The molecule has 0 saturated carbocycles. The average molecular weight is 381 g/mol. The number of hydrogen-bond acceptors (Lipinski definition) is 3. The number of carbonyl (C=O) groups excluding carboxylic acids is 2. The van der Waals surface area contributed by atoms with Gasteiger partial charge in [-0.15, -0.1) is 0 Å². The van der Waals surface area contributed by atoms with Crippen molar-refractivity contribution < 1.29 is 14.3 Å². The van der Waals surface area contributed by atoms with E-state index in [1.165, 1.54) is 0 Å². The molecule has 0 aliphatic carbocycles. The summed E-state index contributed by atoms with van der Waals surface area (Å²) in [5, 5.41) is 6.27. The summed E-state index contributed by atoms with van der Waals surface area (Å²) in [6.45, 7) is 0.765. The van der Waals surface area contributed by atoms with E-state index < -0.39 is 0 Å². The molecule has 0 aliphatic rings. The van der Waals surface area contributed by atoms with Crippen molar-refractivity contribution in [3.63, 3.8) is 0 Å². The van der Waals surface area contributed by atoms with E-state index in [4.69, 9.17) is 27.9 Å². The minimum absolute atomic E-state index is 0.0718. The van der Waals surface area contributed by atoms with E-state index in [1.54, 1.807) is 42.5 Å². The molecule has 2 aromatic carbocycles. The van der Waals surface area contributed by atoms with Crippen LogP contribution in [0.1, 0.15) is 16.8 Å². The second-order valence-electron chi connectivity index (χ2n) is 5.18. The number of rotatable bonds is 8. The molecule has 0 heterocycles. The molecule has 5 nitrogen and oxygen atoms in total. The summed E-state index contributed by atoms with van der Waals surface area (Å²) in [6, 6.07) is 13.7. The fraction of sp³-hybridized carbons (Fsp3) is 0.222. The van der Waals surface area contributed by atoms with E-state index >= 15 is 0 Å². The Morgan fingerprint density at radius 1 is 1.00 bits per heavy atom. The maximum absolute atomic E-state index is 11.8. The highest BCUT2D eigenvalue weighted by molar-refractivity contribution is 6.35. The fourth-order valence-electron chi connectivity index (χ4n) is 1.99. The Labute approximate surface area is 156 Å². The third kappa shape index (κ3) is 6.64. The highest BCUT2D eigenvalue weighted by Crippen LogP contribution is 2.27. The van der Waals surface area contributed by atoms with Gasteiger partial charge in [0.15, 0.2) is 0 Å². The average Bonchev–Trinajstić information content (AvgIpc) is 2.61. The quantitative estimate of drug-likeness (QED) is 0.690. The van der Waals surface area contributed by atoms with Crippen LogP contribution >= 0.6 is 23.2 Å². The minimum Gasteiger partial charge on any atom is -0.492 e. The lowest BCUT2D eigenvalue weighted by atomic mass is 10.2. The van der Waals surface area contributed by atoms with Crippen molar-refractivity contribution in [1.29, 1.82) is 0 Å². The van der Waals surface area contributed by atoms with Crippen molar-refractivity contribution in [2.75, 3.05) is 19.7 Å². The van der Waals surface area contributed by atoms with Crippen molar-refractivity contribution in [3.8, 4) is 5.75 Å². The first kappa shape index (κ1) is 19.1. The Kier molecular flexibility index (Phi) is 7.57. The lowest BCUT2D eigenvalue weighted by Gasteiger charge is -2.09. The van der Waals surface area contributed by atoms with Crippen LogP contribution in [0.2, 0.25) is 10.0 Å². The van der Waals surface area contributed by atoms with Gasteiger partial charge in [-0.2, -0.15) is 0 Å². The minimum atomic E-state index is -0.281. The van der Waals surface area contributed by atoms with Crippen LogP contribution in [0.3, 0.4) is 0 Å². The molecule has 2 aromatic rings. The van der Waals surface area contributed by atoms with Crippen LogP contribution < -0.4 is 15.4 Å². The zero-order valence-electron chi connectivity index (χ0n) is 13.4. The van der Waals surface area contributed by atoms with Gasteiger partial charge in [0, 0.05) is 17.1 Å². The SMILES string of the molecule is O=C(CNC(=O)c1ccccc1)NCCCOc1ccc(Cl)cc1Cl. The number of nitrogens with one attached hydrogen (secondary N) is 2. The van der Waals surface area contributed by atoms with E-state index in [1.807, 2.05) is 6.07 Å². The van der Waals surface area contributed by atoms with Gasteiger partial charge in [-0.05, 0) is 36.8 Å². The molecule has 0 saturated heterocycles. The topological polar surface area (TPSA) is 67.4 Å². The third-order valence-corrected chi connectivity index (χ3v) is 3.77. The lowest BCUT2D eigenvalue weighted by molar-refractivity contribution is -0.120. The molecule has 0 aromatic heterocycles. The van der Waals surface area contributed by atoms with Crippen molar-refractivity contribution in [2.45, 2.75) is 6.42 Å². The molecule has 0 spiro atoms. The summed E-state index contributed by atoms with van der Waals surface area (Å²) in [6.07, 6.45) is 0.608. The van der Waals surface area contributed by atoms with Crippen molar-refractivity contribution in [3.05, 3.63) is 64.1 Å². The van der Waals surface area contributed by atoms with Crippen LogP contribution in [-0.4, -0.2) is 31.5 Å². The number of carbonyl (C=O) groups is 2. The highest BCUT2D eigenvalue weighted by atomic mass is 35.5. The van der Waals surface area contributed by atoms with Gasteiger partial charge in [0.25, 0.3) is 5.91 Å². The summed E-state index contributed by atoms with van der Waals surface area (Å²) in [5.41, 5.74) is 0.517. The van der Waals surface area contributed by atoms with E-state index in [9.17, 15) is 9.59 Å². The predicted octanol–water partition coefficient (Wildman–Crippen LogP) is 3.31. The Balaban J connectivity index is 1.60. The summed E-state index contributed by atoms with van der Waals surface area (Å²) >= 11 is 11.8. The molecule has 0 fully saturated rings. The van der Waals surface area contributed by atoms with Gasteiger partial charge in [-0.3, -0.25) is 9.59 Å². The van der Waals surface area contributed by atoms with E-state index in [-0.39, 0.29) is 18.4 Å². The number of halogens is 2. The predicted molar refractivity (Wildman–Crippen MR) is 98.4 cm³/mol. The van der Waals surface area contributed by atoms with Gasteiger partial charge in [0.2, 0.25) is 5.91 Å². The Hall–Kier alpha value is -2.24. The molecule has 0 radical (unpaired) electrons. The smallest absolute Gasteiger partial charge is 0.251 e. The normalized spacial score (nSPS) is 10.2. The molecule has 2 rings (SSSR count). The summed E-state index contributed by atoms with van der Waals surface area (Å²) in [7, 11) is 0. The first-order valence-corrected chi connectivity index (χ1v) is 8.49. The Morgan fingerprint density at radius 3 is 2.48 bits per heavy atom. The molecule has 2 N–H and O–H groups in total.